The highest BCUT2D eigenvalue weighted by molar-refractivity contribution is 6.67. The molecule has 0 bridgehead atoms. The van der Waals surface area contributed by atoms with Crippen LogP contribution in [0.2, 0.25) is 0 Å². The summed E-state index contributed by atoms with van der Waals surface area (Å²) in [4.78, 5) is 15.6. The van der Waals surface area contributed by atoms with Crippen molar-refractivity contribution < 1.29 is 4.79 Å². The third kappa shape index (κ3) is 2.09. The molecule has 0 unspecified atom stereocenters. The number of pyridine rings is 1. The van der Waals surface area contributed by atoms with Crippen molar-refractivity contribution >= 4 is 56.9 Å². The molecule has 0 aliphatic rings. The summed E-state index contributed by atoms with van der Waals surface area (Å²) in [6, 6.07) is 5.11. The van der Waals surface area contributed by atoms with E-state index in [2.05, 4.69) is 10.1 Å². The van der Waals surface area contributed by atoms with Crippen molar-refractivity contribution in [3.63, 3.8) is 0 Å². The van der Waals surface area contributed by atoms with Gasteiger partial charge in [-0.15, -0.1) is 12.4 Å². The highest BCUT2D eigenvalue weighted by Crippen LogP contribution is 2.28. The van der Waals surface area contributed by atoms with Gasteiger partial charge < -0.3 is 5.73 Å². The standard InChI is InChI=1S/C13H11ClN4O.ClH/c1-2-18-11-8-5-7(12(14)19)3-4-10(8)17-13(15)9(11)6-16-18;/h3-6H,2H2,1H3,(H2,15,17);1H. The van der Waals surface area contributed by atoms with E-state index in [-0.39, 0.29) is 12.4 Å². The molecule has 0 atom stereocenters. The Balaban J connectivity index is 0.00000147. The van der Waals surface area contributed by atoms with Gasteiger partial charge in [-0.3, -0.25) is 9.48 Å². The number of aryl methyl sites for hydroxylation is 1. The Hall–Kier alpha value is -1.85. The van der Waals surface area contributed by atoms with Crippen molar-refractivity contribution in [2.24, 2.45) is 0 Å². The second-order valence-electron chi connectivity index (χ2n) is 4.23. The fourth-order valence-corrected chi connectivity index (χ4v) is 2.35. The zero-order chi connectivity index (χ0) is 13.6. The van der Waals surface area contributed by atoms with Crippen LogP contribution in [0.4, 0.5) is 5.82 Å². The Kier molecular flexibility index (Phi) is 3.83. The van der Waals surface area contributed by atoms with Crippen molar-refractivity contribution in [1.29, 1.82) is 0 Å². The number of carbonyl (C=O) groups is 1. The summed E-state index contributed by atoms with van der Waals surface area (Å²) in [5.41, 5.74) is 7.97. The van der Waals surface area contributed by atoms with Gasteiger partial charge in [-0.1, -0.05) is 0 Å². The number of nitrogen functional groups attached to an aromatic ring is 1. The monoisotopic (exact) mass is 310 g/mol. The number of halogens is 2. The molecule has 1 aromatic carbocycles. The Morgan fingerprint density at radius 3 is 2.80 bits per heavy atom. The van der Waals surface area contributed by atoms with E-state index in [9.17, 15) is 4.79 Å². The van der Waals surface area contributed by atoms with Crippen LogP contribution in [0.25, 0.3) is 21.8 Å². The van der Waals surface area contributed by atoms with Crippen molar-refractivity contribution in [2.45, 2.75) is 13.5 Å². The molecule has 0 radical (unpaired) electrons. The number of nitrogens with two attached hydrogens (primary N) is 1. The minimum atomic E-state index is -0.491. The van der Waals surface area contributed by atoms with E-state index in [0.717, 1.165) is 21.8 Å². The average molecular weight is 311 g/mol. The summed E-state index contributed by atoms with van der Waals surface area (Å²) < 4.78 is 1.83. The van der Waals surface area contributed by atoms with Gasteiger partial charge in [0, 0.05) is 17.5 Å². The number of carbonyl (C=O) groups excluding carboxylic acids is 1. The topological polar surface area (TPSA) is 73.8 Å². The van der Waals surface area contributed by atoms with Crippen LogP contribution >= 0.6 is 24.0 Å². The van der Waals surface area contributed by atoms with Crippen LogP contribution in [-0.2, 0) is 6.54 Å². The van der Waals surface area contributed by atoms with Gasteiger partial charge in [0.1, 0.15) is 5.82 Å². The maximum absolute atomic E-state index is 11.3. The maximum atomic E-state index is 11.3. The van der Waals surface area contributed by atoms with Crippen molar-refractivity contribution in [1.82, 2.24) is 14.8 Å². The van der Waals surface area contributed by atoms with Crippen LogP contribution in [0.1, 0.15) is 17.3 Å². The maximum Gasteiger partial charge on any atom is 0.252 e. The van der Waals surface area contributed by atoms with E-state index < -0.39 is 5.24 Å². The molecule has 7 heteroatoms. The van der Waals surface area contributed by atoms with Gasteiger partial charge in [0.15, 0.2) is 0 Å². The molecule has 3 aromatic rings. The molecule has 0 saturated carbocycles. The smallest absolute Gasteiger partial charge is 0.252 e. The fourth-order valence-electron chi connectivity index (χ4n) is 2.23. The lowest BCUT2D eigenvalue weighted by Crippen LogP contribution is -1.99. The summed E-state index contributed by atoms with van der Waals surface area (Å²) >= 11 is 5.53. The van der Waals surface area contributed by atoms with Gasteiger partial charge in [0.05, 0.1) is 22.6 Å². The molecule has 2 aromatic heterocycles. The lowest BCUT2D eigenvalue weighted by atomic mass is 10.1. The number of rotatable bonds is 2. The van der Waals surface area contributed by atoms with Gasteiger partial charge in [-0.05, 0) is 36.7 Å². The van der Waals surface area contributed by atoms with E-state index in [1.807, 2.05) is 11.6 Å². The van der Waals surface area contributed by atoms with Gasteiger partial charge in [0.25, 0.3) is 5.24 Å². The normalized spacial score (nSPS) is 10.7. The van der Waals surface area contributed by atoms with Crippen LogP contribution in [0, 0.1) is 0 Å². The van der Waals surface area contributed by atoms with Crippen molar-refractivity contribution in [3.05, 3.63) is 30.0 Å². The van der Waals surface area contributed by atoms with E-state index in [1.165, 1.54) is 0 Å². The van der Waals surface area contributed by atoms with Crippen LogP contribution in [0.3, 0.4) is 0 Å². The zero-order valence-electron chi connectivity index (χ0n) is 10.6. The molecule has 3 rings (SSSR count). The minimum absolute atomic E-state index is 0. The number of fused-ring (bicyclic) bond motifs is 3. The molecule has 5 nitrogen and oxygen atoms in total. The lowest BCUT2D eigenvalue weighted by molar-refractivity contribution is 0.108. The first kappa shape index (κ1) is 14.6. The molecule has 20 heavy (non-hydrogen) atoms. The number of hydrogen-bond donors (Lipinski definition) is 1. The summed E-state index contributed by atoms with van der Waals surface area (Å²) in [5, 5.41) is 5.40. The highest BCUT2D eigenvalue weighted by Gasteiger charge is 2.13. The van der Waals surface area contributed by atoms with Crippen molar-refractivity contribution in [2.75, 3.05) is 5.73 Å². The average Bonchev–Trinajstić information content (AvgIpc) is 2.83. The molecule has 104 valence electrons. The van der Waals surface area contributed by atoms with Crippen LogP contribution in [0.15, 0.2) is 24.4 Å². The first-order valence-electron chi connectivity index (χ1n) is 5.86. The Bertz CT molecular complexity index is 813. The number of hydrogen-bond acceptors (Lipinski definition) is 4. The quantitative estimate of drug-likeness (QED) is 0.738. The predicted molar refractivity (Wildman–Crippen MR) is 82.6 cm³/mol. The summed E-state index contributed by atoms with van der Waals surface area (Å²) in [6.07, 6.45) is 1.69. The number of benzene rings is 1. The Morgan fingerprint density at radius 1 is 1.40 bits per heavy atom. The van der Waals surface area contributed by atoms with Gasteiger partial charge in [-0.2, -0.15) is 5.10 Å². The zero-order valence-corrected chi connectivity index (χ0v) is 12.2. The van der Waals surface area contributed by atoms with Gasteiger partial charge in [-0.25, -0.2) is 4.98 Å². The van der Waals surface area contributed by atoms with Crippen LogP contribution < -0.4 is 5.73 Å². The first-order chi connectivity index (χ1) is 9.11. The number of aromatic nitrogens is 3. The Morgan fingerprint density at radius 2 is 2.15 bits per heavy atom. The van der Waals surface area contributed by atoms with Crippen molar-refractivity contribution in [3.8, 4) is 0 Å². The molecular weight excluding hydrogens is 299 g/mol. The van der Waals surface area contributed by atoms with Crippen LogP contribution in [0.5, 0.6) is 0 Å². The number of nitrogens with zero attached hydrogens (tertiary/aromatic N) is 3. The molecule has 0 amide bonds. The Labute approximate surface area is 126 Å². The molecule has 0 aliphatic carbocycles. The van der Waals surface area contributed by atoms with E-state index in [1.54, 1.807) is 24.4 Å². The number of anilines is 1. The molecule has 0 fully saturated rings. The van der Waals surface area contributed by atoms with Gasteiger partial charge in [0.2, 0.25) is 0 Å². The third-order valence-electron chi connectivity index (χ3n) is 3.13. The lowest BCUT2D eigenvalue weighted by Gasteiger charge is -2.06. The van der Waals surface area contributed by atoms with E-state index in [0.29, 0.717) is 17.9 Å². The molecule has 0 aliphatic heterocycles. The van der Waals surface area contributed by atoms with E-state index >= 15 is 0 Å². The largest absolute Gasteiger partial charge is 0.383 e. The molecular formula is C13H12Cl2N4O. The van der Waals surface area contributed by atoms with E-state index in [4.69, 9.17) is 17.3 Å². The molecule has 2 heterocycles. The molecule has 0 saturated heterocycles. The second-order valence-corrected chi connectivity index (χ2v) is 4.57. The SMILES string of the molecule is CCn1ncc2c(N)nc3ccc(C(=O)Cl)cc3c21.Cl. The summed E-state index contributed by atoms with van der Waals surface area (Å²) in [5.74, 6) is 0.437. The second kappa shape index (κ2) is 5.26. The molecule has 2 N–H and O–H groups in total. The fraction of sp³-hybridized carbons (Fsp3) is 0.154. The highest BCUT2D eigenvalue weighted by atomic mass is 35.5. The van der Waals surface area contributed by atoms with Gasteiger partial charge >= 0.3 is 0 Å². The predicted octanol–water partition coefficient (Wildman–Crippen LogP) is 2.99. The van der Waals surface area contributed by atoms with Crippen LogP contribution in [-0.4, -0.2) is 20.0 Å². The minimum Gasteiger partial charge on any atom is -0.383 e. The molecule has 0 spiro atoms. The first-order valence-corrected chi connectivity index (χ1v) is 6.24. The summed E-state index contributed by atoms with van der Waals surface area (Å²) in [7, 11) is 0. The third-order valence-corrected chi connectivity index (χ3v) is 3.35. The summed E-state index contributed by atoms with van der Waals surface area (Å²) in [6.45, 7) is 2.70.